The fourth-order valence-corrected chi connectivity index (χ4v) is 3.36. The molecule has 3 rings (SSSR count). The van der Waals surface area contributed by atoms with E-state index in [1.54, 1.807) is 13.0 Å². The van der Waals surface area contributed by atoms with Crippen LogP contribution in [0.25, 0.3) is 0 Å². The summed E-state index contributed by atoms with van der Waals surface area (Å²) in [6.07, 6.45) is -0.333. The third kappa shape index (κ3) is 3.55. The summed E-state index contributed by atoms with van der Waals surface area (Å²) in [7, 11) is 0. The van der Waals surface area contributed by atoms with Crippen molar-refractivity contribution in [3.63, 3.8) is 0 Å². The molecule has 0 aromatic heterocycles. The average molecular weight is 339 g/mol. The van der Waals surface area contributed by atoms with Gasteiger partial charge in [0.05, 0.1) is 11.3 Å². The summed E-state index contributed by atoms with van der Waals surface area (Å²) in [5, 5.41) is 6.98. The molecule has 1 fully saturated rings. The zero-order valence-corrected chi connectivity index (χ0v) is 13.4. The second-order valence-corrected chi connectivity index (χ2v) is 6.52. The molecular weight excluding hydrogens is 319 g/mol. The molecule has 130 valence electrons. The van der Waals surface area contributed by atoms with Crippen LogP contribution in [0.15, 0.2) is 23.3 Å². The number of carbonyl (C=O) groups excluding carboxylic acids is 1. The molecule has 24 heavy (non-hydrogen) atoms. The molecule has 2 aliphatic rings. The second kappa shape index (κ2) is 6.45. The van der Waals surface area contributed by atoms with Gasteiger partial charge in [0.1, 0.15) is 0 Å². The van der Waals surface area contributed by atoms with Crippen molar-refractivity contribution in [1.82, 2.24) is 5.43 Å². The molecule has 1 aliphatic carbocycles. The van der Waals surface area contributed by atoms with E-state index in [4.69, 9.17) is 0 Å². The molecule has 1 amide bonds. The number of hydrogen-bond acceptors (Lipinski definition) is 3. The SMILES string of the molecule is C[C@@H]1CC(=O)NN=C1c1ccc(NC2CCCC2)c(C(F)(F)F)c1. The largest absolute Gasteiger partial charge is 0.418 e. The second-order valence-electron chi connectivity index (χ2n) is 6.52. The lowest BCUT2D eigenvalue weighted by molar-refractivity contribution is -0.137. The molecule has 0 unspecified atom stereocenters. The minimum Gasteiger partial charge on any atom is -0.382 e. The number of nitrogens with zero attached hydrogens (tertiary/aromatic N) is 1. The molecule has 0 saturated heterocycles. The first kappa shape index (κ1) is 16.8. The van der Waals surface area contributed by atoms with Crippen LogP contribution >= 0.6 is 0 Å². The van der Waals surface area contributed by atoms with Gasteiger partial charge < -0.3 is 5.32 Å². The quantitative estimate of drug-likeness (QED) is 0.877. The van der Waals surface area contributed by atoms with Crippen LogP contribution in [-0.4, -0.2) is 17.7 Å². The molecule has 1 aromatic rings. The number of carbonyl (C=O) groups is 1. The van der Waals surface area contributed by atoms with Gasteiger partial charge in [-0.1, -0.05) is 25.8 Å². The third-order valence-electron chi connectivity index (χ3n) is 4.59. The summed E-state index contributed by atoms with van der Waals surface area (Å²) in [5.41, 5.74) is 2.65. The Kier molecular flexibility index (Phi) is 4.51. The predicted octanol–water partition coefficient (Wildman–Crippen LogP) is 3.92. The highest BCUT2D eigenvalue weighted by Gasteiger charge is 2.35. The average Bonchev–Trinajstić information content (AvgIpc) is 3.00. The molecular formula is C17H20F3N3O. The van der Waals surface area contributed by atoms with E-state index >= 15 is 0 Å². The first-order valence-corrected chi connectivity index (χ1v) is 8.19. The first-order valence-electron chi connectivity index (χ1n) is 8.19. The van der Waals surface area contributed by atoms with Gasteiger partial charge in [-0.05, 0) is 30.5 Å². The molecule has 1 heterocycles. The monoisotopic (exact) mass is 339 g/mol. The van der Waals surface area contributed by atoms with E-state index in [2.05, 4.69) is 15.8 Å². The van der Waals surface area contributed by atoms with E-state index < -0.39 is 11.7 Å². The Morgan fingerprint density at radius 1 is 1.25 bits per heavy atom. The number of amides is 1. The molecule has 7 heteroatoms. The Balaban J connectivity index is 1.94. The van der Waals surface area contributed by atoms with Crippen molar-refractivity contribution in [3.8, 4) is 0 Å². The van der Waals surface area contributed by atoms with Crippen molar-refractivity contribution in [2.24, 2.45) is 11.0 Å². The van der Waals surface area contributed by atoms with E-state index in [1.807, 2.05) is 0 Å². The lowest BCUT2D eigenvalue weighted by atomic mass is 9.92. The normalized spacial score (nSPS) is 22.2. The van der Waals surface area contributed by atoms with Crippen molar-refractivity contribution in [1.29, 1.82) is 0 Å². The maximum Gasteiger partial charge on any atom is 0.418 e. The van der Waals surface area contributed by atoms with E-state index in [0.29, 0.717) is 11.3 Å². The van der Waals surface area contributed by atoms with Crippen LogP contribution in [0.4, 0.5) is 18.9 Å². The van der Waals surface area contributed by atoms with Crippen LogP contribution in [0.2, 0.25) is 0 Å². The van der Waals surface area contributed by atoms with Crippen LogP contribution in [0.3, 0.4) is 0 Å². The van der Waals surface area contributed by atoms with Crippen LogP contribution in [0, 0.1) is 5.92 Å². The number of anilines is 1. The van der Waals surface area contributed by atoms with Crippen LogP contribution in [-0.2, 0) is 11.0 Å². The van der Waals surface area contributed by atoms with Gasteiger partial charge in [-0.3, -0.25) is 4.79 Å². The third-order valence-corrected chi connectivity index (χ3v) is 4.59. The van der Waals surface area contributed by atoms with E-state index in [0.717, 1.165) is 31.7 Å². The molecule has 2 N–H and O–H groups in total. The lowest BCUT2D eigenvalue weighted by Gasteiger charge is -2.22. The van der Waals surface area contributed by atoms with Gasteiger partial charge in [-0.15, -0.1) is 0 Å². The topological polar surface area (TPSA) is 53.5 Å². The number of benzene rings is 1. The number of halogens is 3. The smallest absolute Gasteiger partial charge is 0.382 e. The highest BCUT2D eigenvalue weighted by Crippen LogP contribution is 2.37. The van der Waals surface area contributed by atoms with Crippen molar-refractivity contribution < 1.29 is 18.0 Å². The zero-order chi connectivity index (χ0) is 17.3. The number of hydrogen-bond donors (Lipinski definition) is 2. The van der Waals surface area contributed by atoms with Gasteiger partial charge in [0.2, 0.25) is 5.91 Å². The summed E-state index contributed by atoms with van der Waals surface area (Å²) >= 11 is 0. The summed E-state index contributed by atoms with van der Waals surface area (Å²) < 4.78 is 40.4. The first-order chi connectivity index (χ1) is 11.3. The molecule has 0 radical (unpaired) electrons. The Morgan fingerprint density at radius 3 is 2.58 bits per heavy atom. The number of rotatable bonds is 3. The fourth-order valence-electron chi connectivity index (χ4n) is 3.36. The maximum atomic E-state index is 13.5. The van der Waals surface area contributed by atoms with E-state index in [1.165, 1.54) is 6.07 Å². The van der Waals surface area contributed by atoms with Gasteiger partial charge in [-0.2, -0.15) is 18.3 Å². The number of nitrogens with one attached hydrogen (secondary N) is 2. The van der Waals surface area contributed by atoms with Crippen molar-refractivity contribution in [2.75, 3.05) is 5.32 Å². The van der Waals surface area contributed by atoms with Crippen molar-refractivity contribution in [2.45, 2.75) is 51.2 Å². The Morgan fingerprint density at radius 2 is 1.96 bits per heavy atom. The standard InChI is InChI=1S/C17H20F3N3O/c1-10-8-15(24)22-23-16(10)11-6-7-14(13(9-11)17(18,19)20)21-12-4-2-3-5-12/h6-7,9-10,12,21H,2-5,8H2,1H3,(H,22,24)/t10-/m1/s1. The molecule has 4 nitrogen and oxygen atoms in total. The van der Waals surface area contributed by atoms with Crippen molar-refractivity contribution in [3.05, 3.63) is 29.3 Å². The molecule has 1 saturated carbocycles. The molecule has 0 spiro atoms. The summed E-state index contributed by atoms with van der Waals surface area (Å²) in [6.45, 7) is 1.79. The molecule has 0 bridgehead atoms. The van der Waals surface area contributed by atoms with Gasteiger partial charge in [-0.25, -0.2) is 5.43 Å². The number of alkyl halides is 3. The molecule has 1 atom stereocenters. The zero-order valence-electron chi connectivity index (χ0n) is 13.4. The Bertz CT molecular complexity index is 664. The van der Waals surface area contributed by atoms with Gasteiger partial charge in [0, 0.05) is 24.1 Å². The highest BCUT2D eigenvalue weighted by atomic mass is 19.4. The highest BCUT2D eigenvalue weighted by molar-refractivity contribution is 6.06. The summed E-state index contributed by atoms with van der Waals surface area (Å²) in [4.78, 5) is 11.3. The van der Waals surface area contributed by atoms with Crippen LogP contribution in [0.1, 0.15) is 50.2 Å². The van der Waals surface area contributed by atoms with E-state index in [9.17, 15) is 18.0 Å². The van der Waals surface area contributed by atoms with Gasteiger partial charge >= 0.3 is 6.18 Å². The Labute approximate surface area is 138 Å². The van der Waals surface area contributed by atoms with Gasteiger partial charge in [0.25, 0.3) is 0 Å². The maximum absolute atomic E-state index is 13.5. The predicted molar refractivity (Wildman–Crippen MR) is 85.8 cm³/mol. The minimum absolute atomic E-state index is 0.0992. The molecule has 1 aromatic carbocycles. The van der Waals surface area contributed by atoms with E-state index in [-0.39, 0.29) is 30.0 Å². The van der Waals surface area contributed by atoms with Crippen LogP contribution in [0.5, 0.6) is 0 Å². The minimum atomic E-state index is -4.45. The summed E-state index contributed by atoms with van der Waals surface area (Å²) in [5.74, 6) is -0.435. The molecule has 1 aliphatic heterocycles. The Hall–Kier alpha value is -2.05. The number of hydrazone groups is 1. The summed E-state index contributed by atoms with van der Waals surface area (Å²) in [6, 6.07) is 4.34. The van der Waals surface area contributed by atoms with Crippen molar-refractivity contribution >= 4 is 17.3 Å². The van der Waals surface area contributed by atoms with Gasteiger partial charge in [0.15, 0.2) is 0 Å². The lowest BCUT2D eigenvalue weighted by Crippen LogP contribution is -2.32. The fraction of sp³-hybridized carbons (Fsp3) is 0.529. The van der Waals surface area contributed by atoms with Crippen LogP contribution < -0.4 is 10.7 Å².